The number of nitrogens with zero attached hydrogens (tertiary/aromatic N) is 1. The minimum absolute atomic E-state index is 0.146. The van der Waals surface area contributed by atoms with Gasteiger partial charge in [0, 0.05) is 12.6 Å². The Bertz CT molecular complexity index is 490. The van der Waals surface area contributed by atoms with Gasteiger partial charge in [-0.05, 0) is 30.7 Å². The molecule has 0 radical (unpaired) electrons. The van der Waals surface area contributed by atoms with Crippen LogP contribution in [-0.2, 0) is 0 Å². The van der Waals surface area contributed by atoms with Gasteiger partial charge in [-0.2, -0.15) is 4.58 Å². The average Bonchev–Trinajstić information content (AvgIpc) is 2.35. The number of benzene rings is 1. The lowest BCUT2D eigenvalue weighted by atomic mass is 10.1. The molecule has 1 rings (SSSR count). The Morgan fingerprint density at radius 3 is 2.59 bits per heavy atom. The molecule has 0 fully saturated rings. The Hall–Kier alpha value is -1.97. The largest absolute Gasteiger partial charge is 0.496 e. The lowest BCUT2D eigenvalue weighted by molar-refractivity contribution is -0.389. The fourth-order valence-corrected chi connectivity index (χ4v) is 1.42. The van der Waals surface area contributed by atoms with Crippen LogP contribution in [-0.4, -0.2) is 36.6 Å². The number of hydrogen-bond donors (Lipinski definition) is 1. The van der Waals surface area contributed by atoms with Crippen molar-refractivity contribution in [3.05, 3.63) is 29.3 Å². The summed E-state index contributed by atoms with van der Waals surface area (Å²) in [5.74, 6) is 0.376. The van der Waals surface area contributed by atoms with E-state index in [1.807, 2.05) is 0 Å². The molecule has 0 aromatic heterocycles. The number of methoxy groups -OCH3 is 1. The van der Waals surface area contributed by atoms with Crippen molar-refractivity contribution in [3.63, 3.8) is 0 Å². The molecule has 1 aromatic rings. The molecule has 0 saturated carbocycles. The van der Waals surface area contributed by atoms with Crippen LogP contribution in [0.4, 0.5) is 0 Å². The molecule has 0 heterocycles. The zero-order valence-corrected chi connectivity index (χ0v) is 10.6. The second kappa shape index (κ2) is 5.39. The lowest BCUT2D eigenvalue weighted by Gasteiger charge is -2.06. The summed E-state index contributed by atoms with van der Waals surface area (Å²) < 4.78 is 6.65. The van der Waals surface area contributed by atoms with E-state index in [1.165, 1.54) is 11.7 Å². The molecule has 0 saturated heterocycles. The molecule has 0 atom stereocenters. The third kappa shape index (κ3) is 2.78. The number of hydrogen-bond acceptors (Lipinski definition) is 3. The van der Waals surface area contributed by atoms with Gasteiger partial charge in [0.05, 0.1) is 7.11 Å². The number of amides is 1. The van der Waals surface area contributed by atoms with Crippen LogP contribution in [0, 0.1) is 5.41 Å². The van der Waals surface area contributed by atoms with Gasteiger partial charge in [-0.1, -0.05) is 0 Å². The molecular weight excluding hydrogens is 216 g/mol. The van der Waals surface area contributed by atoms with E-state index in [-0.39, 0.29) is 5.91 Å². The molecule has 1 amide bonds. The number of nitrogens with one attached hydrogen (secondary N) is 1. The maximum Gasteiger partial charge on any atom is 0.422 e. The molecule has 4 heteroatoms. The highest BCUT2D eigenvalue weighted by atomic mass is 16.5. The summed E-state index contributed by atoms with van der Waals surface area (Å²) in [5.41, 5.74) is 1.61. The molecular formula is C13H17N2O2+. The molecule has 0 aliphatic rings. The van der Waals surface area contributed by atoms with Crippen molar-refractivity contribution in [1.82, 2.24) is 0 Å². The van der Waals surface area contributed by atoms with Crippen molar-refractivity contribution >= 4 is 17.8 Å². The first-order valence-corrected chi connectivity index (χ1v) is 5.31. The Kier molecular flexibility index (Phi) is 4.15. The van der Waals surface area contributed by atoms with E-state index in [0.29, 0.717) is 17.0 Å². The van der Waals surface area contributed by atoms with E-state index < -0.39 is 0 Å². The molecule has 4 nitrogen and oxygen atoms in total. The van der Waals surface area contributed by atoms with Crippen molar-refractivity contribution < 1.29 is 14.1 Å². The highest BCUT2D eigenvalue weighted by Gasteiger charge is 2.21. The highest BCUT2D eigenvalue weighted by molar-refractivity contribution is 6.00. The molecule has 90 valence electrons. The van der Waals surface area contributed by atoms with E-state index in [9.17, 15) is 4.79 Å². The zero-order valence-electron chi connectivity index (χ0n) is 10.6. The second-order valence-corrected chi connectivity index (χ2v) is 3.71. The second-order valence-electron chi connectivity index (χ2n) is 3.71. The quantitative estimate of drug-likeness (QED) is 0.641. The first-order valence-electron chi connectivity index (χ1n) is 5.31. The van der Waals surface area contributed by atoms with Gasteiger partial charge in [0.2, 0.25) is 0 Å². The Morgan fingerprint density at radius 2 is 2.12 bits per heavy atom. The predicted octanol–water partition coefficient (Wildman–Crippen LogP) is 1.96. The van der Waals surface area contributed by atoms with E-state index in [0.717, 1.165) is 5.56 Å². The first-order chi connectivity index (χ1) is 8.01. The summed E-state index contributed by atoms with van der Waals surface area (Å²) >= 11 is 0. The van der Waals surface area contributed by atoms with Gasteiger partial charge in [-0.25, -0.2) is 4.79 Å². The number of carbonyl (C=O) groups excluding carboxylic acids is 1. The van der Waals surface area contributed by atoms with Crippen LogP contribution < -0.4 is 4.74 Å². The molecule has 0 spiro atoms. The number of rotatable bonds is 3. The van der Waals surface area contributed by atoms with E-state index in [1.54, 1.807) is 45.3 Å². The summed E-state index contributed by atoms with van der Waals surface area (Å²) in [6.45, 7) is 3.47. The third-order valence-corrected chi connectivity index (χ3v) is 2.57. The van der Waals surface area contributed by atoms with Gasteiger partial charge in [0.1, 0.15) is 24.6 Å². The summed E-state index contributed by atoms with van der Waals surface area (Å²) in [6.07, 6.45) is 1.69. The zero-order chi connectivity index (χ0) is 13.0. The monoisotopic (exact) mass is 233 g/mol. The summed E-state index contributed by atoms with van der Waals surface area (Å²) in [5, 5.41) is 7.58. The van der Waals surface area contributed by atoms with Crippen LogP contribution in [0.5, 0.6) is 5.75 Å². The van der Waals surface area contributed by atoms with Crippen molar-refractivity contribution in [2.75, 3.05) is 14.2 Å². The van der Waals surface area contributed by atoms with Gasteiger partial charge in [-0.15, -0.1) is 0 Å². The third-order valence-electron chi connectivity index (χ3n) is 2.57. The fourth-order valence-electron chi connectivity index (χ4n) is 1.42. The standard InChI is InChI=1S/C13H17N2O2/c1-5-15(3)13(16)11-8-10(9(2)14)6-7-12(11)17-4/h5-8,14H,1-4H3/q+1. The Labute approximate surface area is 101 Å². The molecule has 1 aromatic carbocycles. The predicted molar refractivity (Wildman–Crippen MR) is 67.7 cm³/mol. The van der Waals surface area contributed by atoms with Gasteiger partial charge in [0.25, 0.3) is 0 Å². The van der Waals surface area contributed by atoms with Crippen LogP contribution >= 0.6 is 0 Å². The maximum absolute atomic E-state index is 12.1. The van der Waals surface area contributed by atoms with Crippen LogP contribution in [0.25, 0.3) is 0 Å². The average molecular weight is 233 g/mol. The van der Waals surface area contributed by atoms with Crippen LogP contribution in [0.15, 0.2) is 18.2 Å². The van der Waals surface area contributed by atoms with Crippen LogP contribution in [0.2, 0.25) is 0 Å². The molecule has 0 aliphatic heterocycles. The van der Waals surface area contributed by atoms with E-state index in [2.05, 4.69) is 0 Å². The summed E-state index contributed by atoms with van der Waals surface area (Å²) in [4.78, 5) is 12.1. The Balaban J connectivity index is 3.33. The van der Waals surface area contributed by atoms with Gasteiger partial charge < -0.3 is 10.1 Å². The molecule has 0 unspecified atom stereocenters. The highest BCUT2D eigenvalue weighted by Crippen LogP contribution is 2.20. The maximum atomic E-state index is 12.1. The van der Waals surface area contributed by atoms with Gasteiger partial charge >= 0.3 is 5.91 Å². The van der Waals surface area contributed by atoms with Crippen molar-refractivity contribution in [2.24, 2.45) is 0 Å². The minimum Gasteiger partial charge on any atom is -0.496 e. The minimum atomic E-state index is -0.146. The molecule has 1 N–H and O–H groups in total. The summed E-state index contributed by atoms with van der Waals surface area (Å²) in [7, 11) is 3.21. The molecule has 17 heavy (non-hydrogen) atoms. The first kappa shape index (κ1) is 13.1. The van der Waals surface area contributed by atoms with Gasteiger partial charge in [-0.3, -0.25) is 0 Å². The topological polar surface area (TPSA) is 53.2 Å². The van der Waals surface area contributed by atoms with Crippen molar-refractivity contribution in [3.8, 4) is 5.75 Å². The van der Waals surface area contributed by atoms with Crippen molar-refractivity contribution in [2.45, 2.75) is 13.8 Å². The van der Waals surface area contributed by atoms with Crippen molar-refractivity contribution in [1.29, 1.82) is 5.41 Å². The van der Waals surface area contributed by atoms with E-state index in [4.69, 9.17) is 10.1 Å². The lowest BCUT2D eigenvalue weighted by Crippen LogP contribution is -2.18. The molecule has 0 bridgehead atoms. The van der Waals surface area contributed by atoms with E-state index >= 15 is 0 Å². The van der Waals surface area contributed by atoms with Crippen LogP contribution in [0.3, 0.4) is 0 Å². The smallest absolute Gasteiger partial charge is 0.422 e. The number of ether oxygens (including phenoxy) is 1. The Morgan fingerprint density at radius 1 is 1.47 bits per heavy atom. The number of carbonyl (C=O) groups is 1. The normalized spacial score (nSPS) is 11.2. The van der Waals surface area contributed by atoms with Gasteiger partial charge in [0.15, 0.2) is 0 Å². The summed E-state index contributed by atoms with van der Waals surface area (Å²) in [6, 6.07) is 5.17. The fraction of sp³-hybridized carbons (Fsp3) is 0.308. The SMILES string of the molecule is CC=[N+](C)C(=O)c1cc(C(C)=N)ccc1OC. The molecule has 0 aliphatic carbocycles. The van der Waals surface area contributed by atoms with Crippen LogP contribution in [0.1, 0.15) is 29.8 Å².